The summed E-state index contributed by atoms with van der Waals surface area (Å²) >= 11 is 0. The van der Waals surface area contributed by atoms with Gasteiger partial charge in [0.05, 0.1) is 11.9 Å². The van der Waals surface area contributed by atoms with Crippen LogP contribution in [-0.4, -0.2) is 43.1 Å². The summed E-state index contributed by atoms with van der Waals surface area (Å²) in [5.74, 6) is -4.53. The van der Waals surface area contributed by atoms with Gasteiger partial charge in [-0.3, -0.25) is 0 Å². The highest BCUT2D eigenvalue weighted by Crippen LogP contribution is 2.05. The number of carboxylic acids is 2. The second kappa shape index (κ2) is 9.37. The SMILES string of the molecule is CC(C)(C)OC(=O)C[NH2+]CC[NH3+].O=C([O-])C(=O)[O-]. The summed E-state index contributed by atoms with van der Waals surface area (Å²) in [5, 5.41) is 19.8. The van der Waals surface area contributed by atoms with Crippen LogP contribution in [0.15, 0.2) is 0 Å². The molecule has 0 amide bonds. The van der Waals surface area contributed by atoms with E-state index in [4.69, 9.17) is 24.5 Å². The lowest BCUT2D eigenvalue weighted by atomic mass is 10.2. The summed E-state index contributed by atoms with van der Waals surface area (Å²) in [6.45, 7) is 7.71. The quantitative estimate of drug-likeness (QED) is 0.294. The van der Waals surface area contributed by atoms with Gasteiger partial charge in [-0.2, -0.15) is 0 Å². The van der Waals surface area contributed by atoms with Gasteiger partial charge < -0.3 is 35.6 Å². The van der Waals surface area contributed by atoms with E-state index in [0.717, 1.165) is 13.1 Å². The van der Waals surface area contributed by atoms with E-state index >= 15 is 0 Å². The summed E-state index contributed by atoms with van der Waals surface area (Å²) in [7, 11) is 0. The number of aliphatic carboxylic acids is 2. The zero-order valence-corrected chi connectivity index (χ0v) is 10.9. The molecule has 5 N–H and O–H groups in total. The van der Waals surface area contributed by atoms with Crippen LogP contribution in [0, 0.1) is 0 Å². The van der Waals surface area contributed by atoms with Crippen LogP contribution in [0.25, 0.3) is 0 Å². The van der Waals surface area contributed by atoms with Gasteiger partial charge in [0.1, 0.15) is 18.7 Å². The van der Waals surface area contributed by atoms with Crippen molar-refractivity contribution in [3.63, 3.8) is 0 Å². The molecule has 0 heterocycles. The molecule has 8 nitrogen and oxygen atoms in total. The number of ether oxygens (including phenoxy) is 1. The van der Waals surface area contributed by atoms with Gasteiger partial charge in [0.25, 0.3) is 0 Å². The number of carboxylic acid groups (broad SMARTS) is 2. The normalized spacial score (nSPS) is 10.0. The number of nitrogens with two attached hydrogens (primary N) is 1. The van der Waals surface area contributed by atoms with Gasteiger partial charge >= 0.3 is 5.97 Å². The maximum Gasteiger partial charge on any atom is 0.362 e. The predicted octanol–water partition coefficient (Wildman–Crippen LogP) is -5.38. The third kappa shape index (κ3) is 16.7. The Bertz CT molecular complexity index is 273. The van der Waals surface area contributed by atoms with E-state index in [2.05, 4.69) is 5.73 Å². The fraction of sp³-hybridized carbons (Fsp3) is 0.700. The van der Waals surface area contributed by atoms with E-state index in [1.54, 1.807) is 0 Å². The largest absolute Gasteiger partial charge is 0.543 e. The molecule has 0 saturated heterocycles. The monoisotopic (exact) mass is 264 g/mol. The number of rotatable bonds is 4. The minimum absolute atomic E-state index is 0.157. The molecular formula is C10H20N2O6. The first-order chi connectivity index (χ1) is 8.10. The lowest BCUT2D eigenvalue weighted by molar-refractivity contribution is -0.661. The number of carbonyl (C=O) groups is 3. The van der Waals surface area contributed by atoms with E-state index in [1.165, 1.54) is 0 Å². The molecule has 0 bridgehead atoms. The fourth-order valence-electron chi connectivity index (χ4n) is 0.747. The van der Waals surface area contributed by atoms with Crippen molar-refractivity contribution < 1.29 is 40.4 Å². The zero-order chi connectivity index (χ0) is 14.8. The lowest BCUT2D eigenvalue weighted by Crippen LogP contribution is -2.89. The molecule has 0 radical (unpaired) electrons. The van der Waals surface area contributed by atoms with Crippen LogP contribution in [0.5, 0.6) is 0 Å². The first-order valence-electron chi connectivity index (χ1n) is 5.35. The molecule has 0 aliphatic heterocycles. The number of quaternary nitrogens is 2. The highest BCUT2D eigenvalue weighted by Gasteiger charge is 2.16. The van der Waals surface area contributed by atoms with Crippen molar-refractivity contribution in [2.45, 2.75) is 26.4 Å². The molecule has 106 valence electrons. The Morgan fingerprint density at radius 1 is 1.17 bits per heavy atom. The second-order valence-electron chi connectivity index (χ2n) is 4.30. The fourth-order valence-corrected chi connectivity index (χ4v) is 0.747. The maximum absolute atomic E-state index is 11.1. The maximum atomic E-state index is 11.1. The van der Waals surface area contributed by atoms with Gasteiger partial charge in [-0.25, -0.2) is 4.79 Å². The van der Waals surface area contributed by atoms with E-state index < -0.39 is 11.9 Å². The van der Waals surface area contributed by atoms with Crippen molar-refractivity contribution in [3.8, 4) is 0 Å². The molecule has 0 aliphatic carbocycles. The average Bonchev–Trinajstić information content (AvgIpc) is 2.16. The highest BCUT2D eigenvalue weighted by molar-refractivity contribution is 6.25. The number of hydrogen-bond donors (Lipinski definition) is 2. The Morgan fingerprint density at radius 2 is 1.61 bits per heavy atom. The molecule has 0 aromatic carbocycles. The van der Waals surface area contributed by atoms with Crippen molar-refractivity contribution in [3.05, 3.63) is 0 Å². The van der Waals surface area contributed by atoms with Gasteiger partial charge in [0, 0.05) is 0 Å². The first-order valence-corrected chi connectivity index (χ1v) is 5.35. The van der Waals surface area contributed by atoms with Crippen LogP contribution in [-0.2, 0) is 19.1 Å². The van der Waals surface area contributed by atoms with Crippen molar-refractivity contribution >= 4 is 17.9 Å². The third-order valence-corrected chi connectivity index (χ3v) is 1.31. The molecule has 8 heteroatoms. The van der Waals surface area contributed by atoms with E-state index in [1.807, 2.05) is 26.1 Å². The Balaban J connectivity index is 0. The number of carbonyl (C=O) groups excluding carboxylic acids is 3. The summed E-state index contributed by atoms with van der Waals surface area (Å²) in [5.41, 5.74) is 3.31. The third-order valence-electron chi connectivity index (χ3n) is 1.31. The van der Waals surface area contributed by atoms with Crippen LogP contribution < -0.4 is 21.3 Å². The van der Waals surface area contributed by atoms with Gasteiger partial charge in [-0.15, -0.1) is 0 Å². The average molecular weight is 264 g/mol. The van der Waals surface area contributed by atoms with Crippen molar-refractivity contribution in [2.75, 3.05) is 19.6 Å². The molecular weight excluding hydrogens is 244 g/mol. The molecule has 0 aromatic heterocycles. The van der Waals surface area contributed by atoms with Gasteiger partial charge in [-0.05, 0) is 20.8 Å². The summed E-state index contributed by atoms with van der Waals surface area (Å²) in [6, 6.07) is 0. The Hall–Kier alpha value is -1.67. The molecule has 0 aromatic rings. The highest BCUT2D eigenvalue weighted by atomic mass is 16.6. The van der Waals surface area contributed by atoms with Gasteiger partial charge in [-0.1, -0.05) is 0 Å². The van der Waals surface area contributed by atoms with E-state index in [-0.39, 0.29) is 11.6 Å². The summed E-state index contributed by atoms with van der Waals surface area (Å²) < 4.78 is 5.09. The molecule has 0 aliphatic rings. The van der Waals surface area contributed by atoms with E-state index in [9.17, 15) is 4.79 Å². The van der Waals surface area contributed by atoms with Crippen LogP contribution in [0.2, 0.25) is 0 Å². The molecule has 0 spiro atoms. The van der Waals surface area contributed by atoms with Crippen LogP contribution in [0.1, 0.15) is 20.8 Å². The van der Waals surface area contributed by atoms with Gasteiger partial charge in [0.2, 0.25) is 0 Å². The topological polar surface area (TPSA) is 151 Å². The molecule has 0 unspecified atom stereocenters. The first kappa shape index (κ1) is 18.7. The van der Waals surface area contributed by atoms with E-state index in [0.29, 0.717) is 6.54 Å². The minimum atomic E-state index is -2.19. The molecule has 0 atom stereocenters. The summed E-state index contributed by atoms with van der Waals surface area (Å²) in [4.78, 5) is 28.9. The Kier molecular flexibility index (Phi) is 9.73. The van der Waals surface area contributed by atoms with Crippen molar-refractivity contribution in [1.29, 1.82) is 0 Å². The Labute approximate surface area is 105 Å². The Morgan fingerprint density at radius 3 is 1.89 bits per heavy atom. The predicted molar refractivity (Wildman–Crippen MR) is 55.3 cm³/mol. The molecule has 0 saturated carbocycles. The number of esters is 1. The zero-order valence-electron chi connectivity index (χ0n) is 10.9. The van der Waals surface area contributed by atoms with Gasteiger partial charge in [0.15, 0.2) is 6.54 Å². The van der Waals surface area contributed by atoms with Crippen molar-refractivity contribution in [2.24, 2.45) is 0 Å². The molecule has 0 rings (SSSR count). The van der Waals surface area contributed by atoms with Crippen LogP contribution >= 0.6 is 0 Å². The lowest BCUT2D eigenvalue weighted by Gasteiger charge is -2.18. The van der Waals surface area contributed by atoms with Crippen molar-refractivity contribution in [1.82, 2.24) is 0 Å². The van der Waals surface area contributed by atoms with Crippen LogP contribution in [0.3, 0.4) is 0 Å². The number of hydrogen-bond acceptors (Lipinski definition) is 6. The molecule has 18 heavy (non-hydrogen) atoms. The minimum Gasteiger partial charge on any atom is -0.543 e. The summed E-state index contributed by atoms with van der Waals surface area (Å²) in [6.07, 6.45) is 0. The molecule has 0 fully saturated rings. The second-order valence-corrected chi connectivity index (χ2v) is 4.30. The standard InChI is InChI=1S/C8H18N2O2.C2H2O4/c1-8(2,3)12-7(11)6-10-5-4-9;3-1(4)2(5)6/h10H,4-6,9H2,1-3H3;(H,3,4)(H,5,6). The smallest absolute Gasteiger partial charge is 0.362 e. The van der Waals surface area contributed by atoms with Crippen LogP contribution in [0.4, 0.5) is 0 Å².